The molecule has 0 saturated carbocycles. The minimum atomic E-state index is -0.454. The molecule has 0 bridgehead atoms. The topological polar surface area (TPSA) is 64.3 Å². The van der Waals surface area contributed by atoms with Crippen molar-refractivity contribution in [2.45, 2.75) is 0 Å². The number of halogens is 1. The van der Waals surface area contributed by atoms with Crippen molar-refractivity contribution in [1.29, 1.82) is 0 Å². The molecule has 0 heterocycles. The van der Waals surface area contributed by atoms with E-state index in [4.69, 9.17) is 22.7 Å². The highest BCUT2D eigenvalue weighted by Gasteiger charge is 2.07. The zero-order chi connectivity index (χ0) is 15.2. The Labute approximate surface area is 126 Å². The summed E-state index contributed by atoms with van der Waals surface area (Å²) >= 11 is 4.71. The first-order valence-electron chi connectivity index (χ1n) is 6.12. The molecule has 0 aliphatic heterocycles. The van der Waals surface area contributed by atoms with Crippen LogP contribution in [0.3, 0.4) is 0 Å². The molecule has 4 nitrogen and oxygen atoms in total. The van der Waals surface area contributed by atoms with Gasteiger partial charge in [-0.05, 0) is 42.5 Å². The fraction of sp³-hybridized carbons (Fsp3) is 0.0667. The number of hydrogen-bond acceptors (Lipinski definition) is 3. The molecule has 0 fully saturated rings. The van der Waals surface area contributed by atoms with Gasteiger partial charge in [0.2, 0.25) is 0 Å². The number of nitrogens with two attached hydrogens (primary N) is 1. The van der Waals surface area contributed by atoms with Crippen molar-refractivity contribution in [3.05, 3.63) is 59.9 Å². The summed E-state index contributed by atoms with van der Waals surface area (Å²) in [4.78, 5) is 12.2. The van der Waals surface area contributed by atoms with Crippen LogP contribution in [-0.2, 0) is 0 Å². The normalized spacial score (nSPS) is 9.95. The Morgan fingerprint density at radius 3 is 2.57 bits per heavy atom. The monoisotopic (exact) mass is 304 g/mol. The summed E-state index contributed by atoms with van der Waals surface area (Å²) < 4.78 is 18.4. The van der Waals surface area contributed by atoms with Gasteiger partial charge in [-0.2, -0.15) is 0 Å². The minimum absolute atomic E-state index is 0.157. The first kappa shape index (κ1) is 14.9. The Balaban J connectivity index is 2.00. The highest BCUT2D eigenvalue weighted by Crippen LogP contribution is 2.16. The van der Waals surface area contributed by atoms with Crippen molar-refractivity contribution < 1.29 is 13.9 Å². The Morgan fingerprint density at radius 2 is 1.95 bits per heavy atom. The summed E-state index contributed by atoms with van der Waals surface area (Å²) in [6.45, 7) is 0.157. The Morgan fingerprint density at radius 1 is 1.24 bits per heavy atom. The van der Waals surface area contributed by atoms with Gasteiger partial charge in [-0.25, -0.2) is 4.39 Å². The second kappa shape index (κ2) is 6.81. The van der Waals surface area contributed by atoms with E-state index in [1.807, 2.05) is 0 Å². The number of amides is 1. The molecule has 1 amide bonds. The predicted octanol–water partition coefficient (Wildman–Crippen LogP) is 2.74. The van der Waals surface area contributed by atoms with E-state index in [0.29, 0.717) is 11.4 Å². The van der Waals surface area contributed by atoms with Crippen molar-refractivity contribution in [1.82, 2.24) is 0 Å². The average Bonchev–Trinajstić information content (AvgIpc) is 2.46. The second-order valence-corrected chi connectivity index (χ2v) is 4.77. The largest absolute Gasteiger partial charge is 0.487 e. The van der Waals surface area contributed by atoms with Gasteiger partial charge < -0.3 is 15.8 Å². The van der Waals surface area contributed by atoms with Gasteiger partial charge in [0.25, 0.3) is 5.91 Å². The fourth-order valence-corrected chi connectivity index (χ4v) is 1.68. The summed E-state index contributed by atoms with van der Waals surface area (Å²) in [5.74, 6) is -0.248. The number of ether oxygens (including phenoxy) is 1. The molecule has 6 heteroatoms. The van der Waals surface area contributed by atoms with Crippen LogP contribution in [0.25, 0.3) is 0 Å². The number of nitrogens with one attached hydrogen (secondary N) is 1. The van der Waals surface area contributed by atoms with Crippen LogP contribution in [0, 0.1) is 5.82 Å². The van der Waals surface area contributed by atoms with E-state index < -0.39 is 5.82 Å². The van der Waals surface area contributed by atoms with E-state index in [1.54, 1.807) is 24.3 Å². The maximum atomic E-state index is 13.1. The summed E-state index contributed by atoms with van der Waals surface area (Å²) in [6.07, 6.45) is 0. The molecular formula is C15H13FN2O2S. The van der Waals surface area contributed by atoms with E-state index in [0.717, 1.165) is 0 Å². The van der Waals surface area contributed by atoms with Gasteiger partial charge in [-0.1, -0.05) is 18.3 Å². The third-order valence-corrected chi connectivity index (χ3v) is 2.70. The molecule has 3 N–H and O–H groups in total. The smallest absolute Gasteiger partial charge is 0.255 e. The summed E-state index contributed by atoms with van der Waals surface area (Å²) in [7, 11) is 0. The number of rotatable bonds is 5. The zero-order valence-electron chi connectivity index (χ0n) is 11.0. The van der Waals surface area contributed by atoms with Gasteiger partial charge >= 0.3 is 0 Å². The van der Waals surface area contributed by atoms with E-state index in [1.165, 1.54) is 24.3 Å². The van der Waals surface area contributed by atoms with Crippen molar-refractivity contribution in [2.75, 3.05) is 11.9 Å². The standard InChI is InChI=1S/C15H13FN2O2S/c16-11-3-1-2-10(8-11)15(19)18-12-4-6-13(7-5-12)20-9-14(17)21/h1-8H,9H2,(H2,17,21)(H,18,19). The van der Waals surface area contributed by atoms with Gasteiger partial charge in [0, 0.05) is 11.3 Å². The molecule has 2 aromatic carbocycles. The number of carbonyl (C=O) groups excluding carboxylic acids is 1. The van der Waals surface area contributed by atoms with Gasteiger partial charge in [0.1, 0.15) is 23.2 Å². The molecule has 0 unspecified atom stereocenters. The van der Waals surface area contributed by atoms with Crippen LogP contribution in [0.1, 0.15) is 10.4 Å². The minimum Gasteiger partial charge on any atom is -0.487 e. The van der Waals surface area contributed by atoms with Crippen LogP contribution in [0.2, 0.25) is 0 Å². The predicted molar refractivity (Wildman–Crippen MR) is 83.1 cm³/mol. The highest BCUT2D eigenvalue weighted by molar-refractivity contribution is 7.80. The number of carbonyl (C=O) groups is 1. The zero-order valence-corrected chi connectivity index (χ0v) is 11.8. The molecule has 0 saturated heterocycles. The van der Waals surface area contributed by atoms with Crippen LogP contribution in [0.4, 0.5) is 10.1 Å². The molecule has 0 atom stereocenters. The Bertz CT molecular complexity index is 659. The SMILES string of the molecule is NC(=S)COc1ccc(NC(=O)c2cccc(F)c2)cc1. The van der Waals surface area contributed by atoms with Crippen molar-refractivity contribution >= 4 is 28.8 Å². The lowest BCUT2D eigenvalue weighted by Gasteiger charge is -2.08. The highest BCUT2D eigenvalue weighted by atomic mass is 32.1. The van der Waals surface area contributed by atoms with Crippen LogP contribution in [0.5, 0.6) is 5.75 Å². The maximum Gasteiger partial charge on any atom is 0.255 e. The van der Waals surface area contributed by atoms with Crippen molar-refractivity contribution in [3.63, 3.8) is 0 Å². The number of anilines is 1. The van der Waals surface area contributed by atoms with Crippen LogP contribution in [0.15, 0.2) is 48.5 Å². The second-order valence-electron chi connectivity index (χ2n) is 4.24. The molecule has 2 aromatic rings. The van der Waals surface area contributed by atoms with E-state index in [9.17, 15) is 9.18 Å². The lowest BCUT2D eigenvalue weighted by Crippen LogP contribution is -2.17. The number of thiocarbonyl (C=S) groups is 1. The van der Waals surface area contributed by atoms with E-state index >= 15 is 0 Å². The molecule has 108 valence electrons. The third kappa shape index (κ3) is 4.54. The van der Waals surface area contributed by atoms with Gasteiger partial charge in [0.05, 0.1) is 0 Å². The lowest BCUT2D eigenvalue weighted by atomic mass is 10.2. The van der Waals surface area contributed by atoms with Crippen molar-refractivity contribution in [2.24, 2.45) is 5.73 Å². The third-order valence-electron chi connectivity index (χ3n) is 2.58. The molecule has 21 heavy (non-hydrogen) atoms. The fourth-order valence-electron chi connectivity index (χ4n) is 1.62. The molecular weight excluding hydrogens is 291 g/mol. The molecule has 0 aliphatic carbocycles. The van der Waals surface area contributed by atoms with Crippen molar-refractivity contribution in [3.8, 4) is 5.75 Å². The summed E-state index contributed by atoms with van der Waals surface area (Å²) in [5, 5.41) is 2.67. The Kier molecular flexibility index (Phi) is 4.84. The lowest BCUT2D eigenvalue weighted by molar-refractivity contribution is 0.102. The van der Waals surface area contributed by atoms with E-state index in [2.05, 4.69) is 5.32 Å². The van der Waals surface area contributed by atoms with E-state index in [-0.39, 0.29) is 23.1 Å². The molecule has 0 spiro atoms. The molecule has 0 radical (unpaired) electrons. The maximum absolute atomic E-state index is 13.1. The quantitative estimate of drug-likeness (QED) is 0.834. The average molecular weight is 304 g/mol. The number of hydrogen-bond donors (Lipinski definition) is 2. The Hall–Kier alpha value is -2.47. The first-order valence-corrected chi connectivity index (χ1v) is 6.53. The first-order chi connectivity index (χ1) is 10.0. The van der Waals surface area contributed by atoms with Gasteiger partial charge in [-0.3, -0.25) is 4.79 Å². The summed E-state index contributed by atoms with van der Waals surface area (Å²) in [6, 6.07) is 12.2. The molecule has 0 aromatic heterocycles. The van der Waals surface area contributed by atoms with Crippen LogP contribution >= 0.6 is 12.2 Å². The molecule has 2 rings (SSSR count). The van der Waals surface area contributed by atoms with Crippen LogP contribution in [-0.4, -0.2) is 17.5 Å². The van der Waals surface area contributed by atoms with Crippen LogP contribution < -0.4 is 15.8 Å². The molecule has 0 aliphatic rings. The summed E-state index contributed by atoms with van der Waals surface area (Å²) in [5.41, 5.74) is 6.16. The van der Waals surface area contributed by atoms with Gasteiger partial charge in [0.15, 0.2) is 0 Å². The van der Waals surface area contributed by atoms with Gasteiger partial charge in [-0.15, -0.1) is 0 Å². The number of benzene rings is 2.